The van der Waals surface area contributed by atoms with Gasteiger partial charge in [-0.25, -0.2) is 0 Å². The van der Waals surface area contributed by atoms with Gasteiger partial charge in [0.25, 0.3) is 0 Å². The van der Waals surface area contributed by atoms with E-state index in [1.54, 1.807) is 38.3 Å². The van der Waals surface area contributed by atoms with E-state index in [-0.39, 0.29) is 0 Å². The second kappa shape index (κ2) is 6.06. The third-order valence-corrected chi connectivity index (χ3v) is 3.70. The summed E-state index contributed by atoms with van der Waals surface area (Å²) in [4.78, 5) is 12.0. The minimum absolute atomic E-state index is 0.481. The number of benzene rings is 2. The van der Waals surface area contributed by atoms with Crippen molar-refractivity contribution in [3.63, 3.8) is 0 Å². The molecule has 1 atom stereocenters. The Morgan fingerprint density at radius 2 is 1.95 bits per heavy atom. The van der Waals surface area contributed by atoms with E-state index in [9.17, 15) is 4.79 Å². The van der Waals surface area contributed by atoms with E-state index in [4.69, 9.17) is 22.1 Å². The number of methoxy groups -OCH3 is 1. The van der Waals surface area contributed by atoms with Crippen LogP contribution in [-0.2, 0) is 10.3 Å². The third-order valence-electron chi connectivity index (χ3n) is 3.37. The Morgan fingerprint density at radius 3 is 2.57 bits per heavy atom. The molecular weight excluding hydrogens is 288 g/mol. The number of halogens is 1. The Bertz CT molecular complexity index is 660. The molecular formula is C16H17ClN2O2. The topological polar surface area (TPSA) is 64.3 Å². The van der Waals surface area contributed by atoms with Crippen LogP contribution in [0.15, 0.2) is 48.5 Å². The first-order valence-corrected chi connectivity index (χ1v) is 6.82. The van der Waals surface area contributed by atoms with Crippen molar-refractivity contribution in [2.24, 2.45) is 5.73 Å². The van der Waals surface area contributed by atoms with Crippen LogP contribution < -0.4 is 15.8 Å². The number of amides is 1. The number of carbonyl (C=O) groups is 1. The Kier molecular flexibility index (Phi) is 4.38. The maximum absolute atomic E-state index is 12.0. The van der Waals surface area contributed by atoms with Gasteiger partial charge in [0.15, 0.2) is 0 Å². The quantitative estimate of drug-likeness (QED) is 0.892. The maximum atomic E-state index is 12.0. The number of nitrogens with two attached hydrogens (primary N) is 1. The zero-order valence-electron chi connectivity index (χ0n) is 11.9. The van der Waals surface area contributed by atoms with Gasteiger partial charge in [-0.2, -0.15) is 0 Å². The summed E-state index contributed by atoms with van der Waals surface area (Å²) in [5.74, 6) is 0.171. The highest BCUT2D eigenvalue weighted by molar-refractivity contribution is 6.31. The first-order valence-electron chi connectivity index (χ1n) is 6.44. The molecule has 0 saturated carbocycles. The van der Waals surface area contributed by atoms with Crippen LogP contribution in [0.5, 0.6) is 5.75 Å². The second-order valence-corrected chi connectivity index (χ2v) is 5.23. The van der Waals surface area contributed by atoms with Gasteiger partial charge in [0, 0.05) is 22.3 Å². The lowest BCUT2D eigenvalue weighted by Gasteiger charge is -2.30. The summed E-state index contributed by atoms with van der Waals surface area (Å²) in [6, 6.07) is 14.4. The number of hydrogen-bond donors (Lipinski definition) is 2. The Morgan fingerprint density at radius 1 is 1.24 bits per heavy atom. The van der Waals surface area contributed by atoms with Crippen molar-refractivity contribution >= 4 is 23.2 Å². The van der Waals surface area contributed by atoms with Crippen LogP contribution in [0, 0.1) is 0 Å². The predicted octanol–water partition coefficient (Wildman–Crippen LogP) is 3.16. The smallest absolute Gasteiger partial charge is 0.247 e. The third kappa shape index (κ3) is 3.11. The molecule has 3 N–H and O–H groups in total. The van der Waals surface area contributed by atoms with E-state index >= 15 is 0 Å². The molecule has 0 aliphatic rings. The number of carbonyl (C=O) groups excluding carboxylic acids is 1. The van der Waals surface area contributed by atoms with Crippen molar-refractivity contribution in [3.8, 4) is 5.75 Å². The van der Waals surface area contributed by atoms with Gasteiger partial charge in [-0.15, -0.1) is 0 Å². The van der Waals surface area contributed by atoms with Crippen molar-refractivity contribution in [2.75, 3.05) is 12.4 Å². The Balaban J connectivity index is 2.44. The van der Waals surface area contributed by atoms with E-state index in [2.05, 4.69) is 5.32 Å². The van der Waals surface area contributed by atoms with Crippen molar-refractivity contribution in [1.82, 2.24) is 0 Å². The molecule has 2 rings (SSSR count). The molecule has 0 fully saturated rings. The minimum atomic E-state index is -1.12. The second-order valence-electron chi connectivity index (χ2n) is 4.83. The van der Waals surface area contributed by atoms with Crippen LogP contribution in [0.1, 0.15) is 12.5 Å². The van der Waals surface area contributed by atoms with E-state index in [1.165, 1.54) is 0 Å². The van der Waals surface area contributed by atoms with Crippen LogP contribution in [-0.4, -0.2) is 13.0 Å². The van der Waals surface area contributed by atoms with Crippen LogP contribution in [0.3, 0.4) is 0 Å². The van der Waals surface area contributed by atoms with Gasteiger partial charge in [-0.3, -0.25) is 4.79 Å². The zero-order chi connectivity index (χ0) is 15.5. The molecule has 5 heteroatoms. The van der Waals surface area contributed by atoms with Gasteiger partial charge in [0.2, 0.25) is 5.91 Å². The molecule has 0 spiro atoms. The number of rotatable bonds is 5. The lowest BCUT2D eigenvalue weighted by Crippen LogP contribution is -2.45. The predicted molar refractivity (Wildman–Crippen MR) is 84.6 cm³/mol. The Hall–Kier alpha value is -2.20. The van der Waals surface area contributed by atoms with Crippen LogP contribution in [0.4, 0.5) is 5.69 Å². The highest BCUT2D eigenvalue weighted by atomic mass is 35.5. The number of nitrogens with one attached hydrogen (secondary N) is 1. The zero-order valence-corrected chi connectivity index (χ0v) is 12.6. The lowest BCUT2D eigenvalue weighted by molar-refractivity contribution is -0.122. The SMILES string of the molecule is COc1cccc(NC(C)(C(N)=O)c2ccccc2Cl)c1. The van der Waals surface area contributed by atoms with E-state index in [1.807, 2.05) is 24.3 Å². The molecule has 0 aromatic heterocycles. The van der Waals surface area contributed by atoms with Crippen molar-refractivity contribution in [3.05, 3.63) is 59.1 Å². The van der Waals surface area contributed by atoms with Crippen LogP contribution >= 0.6 is 11.6 Å². The Labute approximate surface area is 128 Å². The van der Waals surface area contributed by atoms with E-state index in [0.29, 0.717) is 16.3 Å². The fourth-order valence-electron chi connectivity index (χ4n) is 2.12. The van der Waals surface area contributed by atoms with E-state index in [0.717, 1.165) is 5.69 Å². The number of anilines is 1. The van der Waals surface area contributed by atoms with Crippen LogP contribution in [0.2, 0.25) is 5.02 Å². The fraction of sp³-hybridized carbons (Fsp3) is 0.188. The molecule has 0 heterocycles. The van der Waals surface area contributed by atoms with Gasteiger partial charge in [-0.05, 0) is 25.1 Å². The highest BCUT2D eigenvalue weighted by Crippen LogP contribution is 2.32. The summed E-state index contributed by atoms with van der Waals surface area (Å²) in [7, 11) is 1.58. The first-order chi connectivity index (χ1) is 9.97. The molecule has 0 bridgehead atoms. The molecule has 2 aromatic rings. The fourth-order valence-corrected chi connectivity index (χ4v) is 2.44. The number of hydrogen-bond acceptors (Lipinski definition) is 3. The van der Waals surface area contributed by atoms with Crippen molar-refractivity contribution in [2.45, 2.75) is 12.5 Å². The molecule has 2 aromatic carbocycles. The number of primary amides is 1. The molecule has 1 unspecified atom stereocenters. The van der Waals surface area contributed by atoms with Crippen molar-refractivity contribution in [1.29, 1.82) is 0 Å². The van der Waals surface area contributed by atoms with Gasteiger partial charge >= 0.3 is 0 Å². The monoisotopic (exact) mass is 304 g/mol. The molecule has 21 heavy (non-hydrogen) atoms. The van der Waals surface area contributed by atoms with Gasteiger partial charge < -0.3 is 15.8 Å². The highest BCUT2D eigenvalue weighted by Gasteiger charge is 2.35. The standard InChI is InChI=1S/C16H17ClN2O2/c1-16(15(18)20,13-8-3-4-9-14(13)17)19-11-6-5-7-12(10-11)21-2/h3-10,19H,1-2H3,(H2,18,20). The first kappa shape index (κ1) is 15.2. The van der Waals surface area contributed by atoms with Gasteiger partial charge in [-0.1, -0.05) is 35.9 Å². The average Bonchev–Trinajstić information content (AvgIpc) is 2.47. The van der Waals surface area contributed by atoms with E-state index < -0.39 is 11.4 Å². The minimum Gasteiger partial charge on any atom is -0.497 e. The number of ether oxygens (including phenoxy) is 1. The average molecular weight is 305 g/mol. The summed E-state index contributed by atoms with van der Waals surface area (Å²) in [6.45, 7) is 1.70. The molecule has 0 aliphatic heterocycles. The molecule has 1 amide bonds. The summed E-state index contributed by atoms with van der Waals surface area (Å²) >= 11 is 6.21. The molecule has 0 aliphatic carbocycles. The van der Waals surface area contributed by atoms with Crippen LogP contribution in [0.25, 0.3) is 0 Å². The largest absolute Gasteiger partial charge is 0.497 e. The normalized spacial score (nSPS) is 13.3. The summed E-state index contributed by atoms with van der Waals surface area (Å²) in [5.41, 5.74) is 5.82. The molecule has 110 valence electrons. The van der Waals surface area contributed by atoms with Gasteiger partial charge in [0.1, 0.15) is 11.3 Å². The lowest BCUT2D eigenvalue weighted by atomic mass is 9.90. The molecule has 4 nitrogen and oxygen atoms in total. The van der Waals surface area contributed by atoms with Crippen molar-refractivity contribution < 1.29 is 9.53 Å². The summed E-state index contributed by atoms with van der Waals surface area (Å²) < 4.78 is 5.18. The van der Waals surface area contributed by atoms with Gasteiger partial charge in [0.05, 0.1) is 7.11 Å². The molecule has 0 saturated heterocycles. The summed E-state index contributed by atoms with van der Waals surface area (Å²) in [5, 5.41) is 3.63. The maximum Gasteiger partial charge on any atom is 0.247 e. The summed E-state index contributed by atoms with van der Waals surface area (Å²) in [6.07, 6.45) is 0. The molecule has 0 radical (unpaired) electrons.